The molecule has 6 aromatic rings. The lowest BCUT2D eigenvalue weighted by Crippen LogP contribution is -2.36. The molecule has 54 heavy (non-hydrogen) atoms. The first-order valence-electron chi connectivity index (χ1n) is 18.4. The Morgan fingerprint density at radius 2 is 1.81 bits per heavy atom. The zero-order valence-electron chi connectivity index (χ0n) is 29.4. The highest BCUT2D eigenvalue weighted by molar-refractivity contribution is 6.36. The van der Waals surface area contributed by atoms with E-state index in [4.69, 9.17) is 36.1 Å². The molecule has 1 saturated carbocycles. The molecule has 9 rings (SSSR count). The first-order valence-corrected chi connectivity index (χ1v) is 18.8. The van der Waals surface area contributed by atoms with E-state index >= 15 is 4.39 Å². The van der Waals surface area contributed by atoms with E-state index in [1.807, 2.05) is 65.3 Å². The van der Waals surface area contributed by atoms with Gasteiger partial charge in [0.25, 0.3) is 0 Å². The van der Waals surface area contributed by atoms with Crippen LogP contribution in [0.4, 0.5) is 15.0 Å². The number of aromatic nitrogens is 6. The lowest BCUT2D eigenvalue weighted by Gasteiger charge is -2.27. The quantitative estimate of drug-likeness (QED) is 0.158. The molecule has 0 bridgehead atoms. The van der Waals surface area contributed by atoms with E-state index in [0.29, 0.717) is 64.2 Å². The smallest absolute Gasteiger partial charge is 0.407 e. The third-order valence-electron chi connectivity index (χ3n) is 11.2. The van der Waals surface area contributed by atoms with Crippen LogP contribution in [0.3, 0.4) is 0 Å². The summed E-state index contributed by atoms with van der Waals surface area (Å²) < 4.78 is 29.1. The van der Waals surface area contributed by atoms with Crippen molar-refractivity contribution in [3.05, 3.63) is 120 Å². The molecule has 2 saturated heterocycles. The van der Waals surface area contributed by atoms with Gasteiger partial charge in [0.2, 0.25) is 0 Å². The zero-order chi connectivity index (χ0) is 36.6. The maximum atomic E-state index is 15.5. The number of ether oxygens (including phenoxy) is 2. The first-order chi connectivity index (χ1) is 26.5. The second kappa shape index (κ2) is 14.4. The van der Waals surface area contributed by atoms with Crippen molar-refractivity contribution >= 4 is 34.7 Å². The van der Waals surface area contributed by atoms with Crippen LogP contribution in [-0.2, 0) is 21.5 Å². The Morgan fingerprint density at radius 1 is 0.963 bits per heavy atom. The molecule has 11 nitrogen and oxygen atoms in total. The van der Waals surface area contributed by atoms with Crippen molar-refractivity contribution in [3.8, 4) is 22.5 Å². The van der Waals surface area contributed by atoms with Crippen molar-refractivity contribution in [2.45, 2.75) is 43.9 Å². The van der Waals surface area contributed by atoms with Crippen LogP contribution in [0.1, 0.15) is 43.0 Å². The molecular formula is C41H38ClFN8O3. The van der Waals surface area contributed by atoms with Crippen molar-refractivity contribution in [3.63, 3.8) is 0 Å². The van der Waals surface area contributed by atoms with Crippen LogP contribution in [0.25, 0.3) is 33.7 Å². The second-order valence-corrected chi connectivity index (χ2v) is 14.5. The molecule has 1 N–H and O–H groups in total. The summed E-state index contributed by atoms with van der Waals surface area (Å²) in [5.41, 5.74) is 4.88. The molecule has 0 spiro atoms. The molecule has 1 unspecified atom stereocenters. The van der Waals surface area contributed by atoms with E-state index in [2.05, 4.69) is 20.2 Å². The summed E-state index contributed by atoms with van der Waals surface area (Å²) in [4.78, 5) is 34.0. The van der Waals surface area contributed by atoms with Gasteiger partial charge in [0, 0.05) is 55.2 Å². The molecule has 274 valence electrons. The minimum absolute atomic E-state index is 0.0693. The SMILES string of the molecule is O=C(NC[C@]1(c2ccccc2F)[C@@H]2CCN(c3cnc4c(-c5cccc(-c6cnccn6)c5Cl)nn(C5CCCCO5)c4n3)C[C@@H]21)OCc1ccccc1. The molecule has 3 aromatic carbocycles. The third kappa shape index (κ3) is 6.22. The van der Waals surface area contributed by atoms with Gasteiger partial charge in [-0.2, -0.15) is 5.10 Å². The second-order valence-electron chi connectivity index (χ2n) is 14.2. The molecule has 1 amide bonds. The predicted octanol–water partition coefficient (Wildman–Crippen LogP) is 7.76. The number of fused-ring (bicyclic) bond motifs is 2. The van der Waals surface area contributed by atoms with Crippen LogP contribution in [0.15, 0.2) is 97.6 Å². The Morgan fingerprint density at radius 3 is 2.63 bits per heavy atom. The van der Waals surface area contributed by atoms with Crippen LogP contribution in [0.2, 0.25) is 5.02 Å². The normalized spacial score (nSPS) is 22.1. The lowest BCUT2D eigenvalue weighted by molar-refractivity contribution is -0.0368. The number of alkyl carbamates (subject to hydrolysis) is 1. The minimum Gasteiger partial charge on any atom is -0.445 e. The molecular weight excluding hydrogens is 707 g/mol. The summed E-state index contributed by atoms with van der Waals surface area (Å²) in [6, 6.07) is 22.2. The maximum Gasteiger partial charge on any atom is 0.407 e. The number of piperidine rings is 1. The Hall–Kier alpha value is -5.46. The Bertz CT molecular complexity index is 2310. The summed E-state index contributed by atoms with van der Waals surface area (Å²) in [6.07, 6.45) is 9.51. The number of carbonyl (C=O) groups excluding carboxylic acids is 1. The predicted molar refractivity (Wildman–Crippen MR) is 202 cm³/mol. The highest BCUT2D eigenvalue weighted by Gasteiger charge is 2.67. The van der Waals surface area contributed by atoms with Crippen molar-refractivity contribution in [2.24, 2.45) is 11.8 Å². The monoisotopic (exact) mass is 744 g/mol. The lowest BCUT2D eigenvalue weighted by atomic mass is 9.90. The number of carbonyl (C=O) groups is 1. The number of nitrogens with zero attached hydrogens (tertiary/aromatic N) is 7. The highest BCUT2D eigenvalue weighted by Crippen LogP contribution is 2.63. The Kier molecular flexibility index (Phi) is 9.16. The standard InChI is InChI=1S/C41H38ClFN8O3/c42-36-27(33-21-44-17-18-45-33)11-8-12-28(36)37-38-39(51(49-37)35-15-6-7-20-53-35)48-34(22-46-38)50-19-16-29-31(23-50)41(29,30-13-4-5-14-32(30)43)25-47-40(52)54-24-26-9-2-1-3-10-26/h1-5,8-14,17-18,21-22,29,31,35H,6-7,15-16,19-20,23-25H2,(H,47,52)/t29-,31+,35?,41-/m1/s1. The molecule has 13 heteroatoms. The van der Waals surface area contributed by atoms with E-state index in [-0.39, 0.29) is 37.0 Å². The Balaban J connectivity index is 1.02. The number of hydrogen-bond donors (Lipinski definition) is 1. The number of rotatable bonds is 9. The van der Waals surface area contributed by atoms with Gasteiger partial charge in [-0.1, -0.05) is 78.3 Å². The first kappa shape index (κ1) is 34.3. The number of benzene rings is 3. The summed E-state index contributed by atoms with van der Waals surface area (Å²) >= 11 is 7.06. The van der Waals surface area contributed by atoms with E-state index in [1.54, 1.807) is 30.9 Å². The molecule has 2 aliphatic heterocycles. The van der Waals surface area contributed by atoms with Crippen LogP contribution < -0.4 is 10.2 Å². The summed E-state index contributed by atoms with van der Waals surface area (Å²) in [5.74, 6) is 0.673. The minimum atomic E-state index is -0.584. The number of nitrogens with one attached hydrogen (secondary N) is 1. The fraction of sp³-hybridized carbons (Fsp3) is 0.317. The van der Waals surface area contributed by atoms with Crippen LogP contribution in [0, 0.1) is 17.7 Å². The van der Waals surface area contributed by atoms with Gasteiger partial charge in [0.05, 0.1) is 23.1 Å². The number of halogens is 2. The van der Waals surface area contributed by atoms with Crippen molar-refractivity contribution in [1.29, 1.82) is 0 Å². The summed E-state index contributed by atoms with van der Waals surface area (Å²) in [6.45, 7) is 2.37. The zero-order valence-corrected chi connectivity index (χ0v) is 30.2. The molecule has 3 fully saturated rings. The largest absolute Gasteiger partial charge is 0.445 e. The molecule has 0 radical (unpaired) electrons. The van der Waals surface area contributed by atoms with E-state index in [0.717, 1.165) is 36.8 Å². The molecule has 3 aliphatic rings. The van der Waals surface area contributed by atoms with E-state index in [9.17, 15) is 4.79 Å². The van der Waals surface area contributed by atoms with Gasteiger partial charge in [-0.15, -0.1) is 0 Å². The van der Waals surface area contributed by atoms with Crippen molar-refractivity contribution in [2.75, 3.05) is 31.1 Å². The third-order valence-corrected chi connectivity index (χ3v) is 11.6. The molecule has 5 heterocycles. The molecule has 3 aromatic heterocycles. The van der Waals surface area contributed by atoms with Gasteiger partial charge < -0.3 is 19.7 Å². The average molecular weight is 745 g/mol. The molecule has 4 atom stereocenters. The van der Waals surface area contributed by atoms with Gasteiger partial charge >= 0.3 is 6.09 Å². The van der Waals surface area contributed by atoms with E-state index < -0.39 is 11.5 Å². The number of anilines is 1. The number of hydrogen-bond acceptors (Lipinski definition) is 9. The van der Waals surface area contributed by atoms with Gasteiger partial charge in [0.1, 0.15) is 29.5 Å². The van der Waals surface area contributed by atoms with Crippen molar-refractivity contribution < 1.29 is 18.7 Å². The van der Waals surface area contributed by atoms with Gasteiger partial charge in [-0.3, -0.25) is 9.97 Å². The van der Waals surface area contributed by atoms with Crippen molar-refractivity contribution in [1.82, 2.24) is 35.0 Å². The van der Waals surface area contributed by atoms with Gasteiger partial charge in [0.15, 0.2) is 11.9 Å². The summed E-state index contributed by atoms with van der Waals surface area (Å²) in [7, 11) is 0. The van der Waals surface area contributed by atoms with E-state index in [1.165, 1.54) is 6.07 Å². The highest BCUT2D eigenvalue weighted by atomic mass is 35.5. The molecule has 1 aliphatic carbocycles. The maximum absolute atomic E-state index is 15.5. The Labute approximate surface area is 316 Å². The fourth-order valence-electron chi connectivity index (χ4n) is 8.47. The van der Waals surface area contributed by atoms with Gasteiger partial charge in [-0.05, 0) is 54.7 Å². The topological polar surface area (TPSA) is 120 Å². The van der Waals surface area contributed by atoms with Crippen LogP contribution >= 0.6 is 11.6 Å². The number of amides is 1. The van der Waals surface area contributed by atoms with Gasteiger partial charge in [-0.25, -0.2) is 23.8 Å². The van der Waals surface area contributed by atoms with Crippen LogP contribution in [0.5, 0.6) is 0 Å². The summed E-state index contributed by atoms with van der Waals surface area (Å²) in [5, 5.41) is 8.55. The fourth-order valence-corrected chi connectivity index (χ4v) is 8.79. The van der Waals surface area contributed by atoms with Crippen LogP contribution in [-0.4, -0.2) is 62.1 Å². The average Bonchev–Trinajstić information content (AvgIpc) is 3.71.